The minimum absolute atomic E-state index is 0.0397. The fourth-order valence-electron chi connectivity index (χ4n) is 5.67. The summed E-state index contributed by atoms with van der Waals surface area (Å²) < 4.78 is 0. The van der Waals surface area contributed by atoms with Crippen molar-refractivity contribution in [2.75, 3.05) is 0 Å². The van der Waals surface area contributed by atoms with E-state index in [0.29, 0.717) is 17.5 Å². The van der Waals surface area contributed by atoms with Crippen LogP contribution >= 0.6 is 0 Å². The highest BCUT2D eigenvalue weighted by molar-refractivity contribution is 5.69. The Morgan fingerprint density at radius 2 is 1.03 bits per heavy atom. The first-order valence-electron chi connectivity index (χ1n) is 13.3. The summed E-state index contributed by atoms with van der Waals surface area (Å²) in [6, 6.07) is 18.5. The lowest BCUT2D eigenvalue weighted by atomic mass is 9.59. The van der Waals surface area contributed by atoms with Gasteiger partial charge in [0, 0.05) is 53.2 Å². The van der Waals surface area contributed by atoms with Crippen molar-refractivity contribution in [2.45, 2.75) is 52.4 Å². The first-order valence-corrected chi connectivity index (χ1v) is 13.3. The van der Waals surface area contributed by atoms with E-state index >= 15 is 0 Å². The molecule has 39 heavy (non-hydrogen) atoms. The van der Waals surface area contributed by atoms with Gasteiger partial charge in [-0.1, -0.05) is 53.7 Å². The van der Waals surface area contributed by atoms with Gasteiger partial charge in [0.15, 0.2) is 17.5 Å². The van der Waals surface area contributed by atoms with Crippen LogP contribution in [0.1, 0.15) is 52.7 Å². The molecule has 6 heteroatoms. The van der Waals surface area contributed by atoms with Crippen molar-refractivity contribution in [3.05, 3.63) is 96.7 Å². The smallest absolute Gasteiger partial charge is 0.165 e. The predicted molar refractivity (Wildman–Crippen MR) is 155 cm³/mol. The quantitative estimate of drug-likeness (QED) is 0.251. The number of aromatic nitrogens is 6. The largest absolute Gasteiger partial charge is 0.264 e. The van der Waals surface area contributed by atoms with Gasteiger partial charge in [0.2, 0.25) is 0 Å². The topological polar surface area (TPSA) is 77.3 Å². The molecule has 0 aliphatic heterocycles. The van der Waals surface area contributed by atoms with Crippen LogP contribution in [0.3, 0.4) is 0 Å². The Hall–Kier alpha value is -4.32. The third kappa shape index (κ3) is 3.94. The number of rotatable bonds is 4. The maximum atomic E-state index is 4.85. The van der Waals surface area contributed by atoms with Crippen molar-refractivity contribution in [3.8, 4) is 45.4 Å². The molecule has 0 saturated heterocycles. The van der Waals surface area contributed by atoms with Crippen LogP contribution in [-0.2, 0) is 10.8 Å². The van der Waals surface area contributed by atoms with Crippen molar-refractivity contribution in [1.82, 2.24) is 29.9 Å². The van der Waals surface area contributed by atoms with E-state index in [1.165, 1.54) is 11.1 Å². The fourth-order valence-corrected chi connectivity index (χ4v) is 5.67. The van der Waals surface area contributed by atoms with E-state index in [2.05, 4.69) is 69.7 Å². The van der Waals surface area contributed by atoms with Crippen LogP contribution in [-0.4, -0.2) is 29.9 Å². The first kappa shape index (κ1) is 25.0. The number of hydrogen-bond acceptors (Lipinski definition) is 6. The first-order chi connectivity index (χ1) is 18.6. The molecule has 0 spiro atoms. The van der Waals surface area contributed by atoms with Crippen LogP contribution in [0.5, 0.6) is 0 Å². The molecule has 0 N–H and O–H groups in total. The Morgan fingerprint density at radius 3 is 1.51 bits per heavy atom. The molecule has 4 aromatic heterocycles. The fraction of sp³-hybridized carbons (Fsp3) is 0.273. The van der Waals surface area contributed by atoms with Crippen molar-refractivity contribution in [1.29, 1.82) is 0 Å². The second-order valence-corrected chi connectivity index (χ2v) is 11.9. The summed E-state index contributed by atoms with van der Waals surface area (Å²) in [6.45, 7) is 14.2. The summed E-state index contributed by atoms with van der Waals surface area (Å²) >= 11 is 0. The summed E-state index contributed by atoms with van der Waals surface area (Å²) in [5.41, 5.74) is 7.57. The molecular weight excluding hydrogens is 480 g/mol. The van der Waals surface area contributed by atoms with Crippen molar-refractivity contribution in [2.24, 2.45) is 5.41 Å². The summed E-state index contributed by atoms with van der Waals surface area (Å²) in [6.07, 6.45) is 8.82. The Bertz CT molecular complexity index is 1600. The molecule has 0 unspecified atom stereocenters. The number of benzene rings is 1. The zero-order valence-corrected chi connectivity index (χ0v) is 23.3. The molecule has 5 aromatic rings. The highest BCUT2D eigenvalue weighted by Gasteiger charge is 2.56. The lowest BCUT2D eigenvalue weighted by molar-refractivity contribution is 0.125. The number of hydrogen-bond donors (Lipinski definition) is 0. The third-order valence-electron chi connectivity index (χ3n) is 9.28. The van der Waals surface area contributed by atoms with Crippen LogP contribution in [0, 0.1) is 5.41 Å². The number of fused-ring (bicyclic) bond motifs is 1. The van der Waals surface area contributed by atoms with Crippen LogP contribution in [0.4, 0.5) is 0 Å². The van der Waals surface area contributed by atoms with Crippen LogP contribution in [0.2, 0.25) is 0 Å². The van der Waals surface area contributed by atoms with Gasteiger partial charge < -0.3 is 0 Å². The molecule has 1 aliphatic rings. The molecule has 4 heterocycles. The second kappa shape index (κ2) is 8.87. The summed E-state index contributed by atoms with van der Waals surface area (Å²) in [4.78, 5) is 27.6. The lowest BCUT2D eigenvalue weighted by Gasteiger charge is -2.44. The zero-order valence-electron chi connectivity index (χ0n) is 23.3. The predicted octanol–water partition coefficient (Wildman–Crippen LogP) is 7.32. The van der Waals surface area contributed by atoms with Crippen LogP contribution in [0.15, 0.2) is 85.6 Å². The molecule has 0 bridgehead atoms. The Kier molecular flexibility index (Phi) is 5.68. The van der Waals surface area contributed by atoms with Gasteiger partial charge in [-0.15, -0.1) is 0 Å². The highest BCUT2D eigenvalue weighted by atomic mass is 15.0. The van der Waals surface area contributed by atoms with Gasteiger partial charge in [0.25, 0.3) is 0 Å². The van der Waals surface area contributed by atoms with Gasteiger partial charge in [-0.3, -0.25) is 15.0 Å². The average molecular weight is 513 g/mol. The maximum Gasteiger partial charge on any atom is 0.165 e. The summed E-state index contributed by atoms with van der Waals surface area (Å²) in [5.74, 6) is 1.67. The van der Waals surface area contributed by atoms with E-state index in [1.54, 1.807) is 24.8 Å². The SMILES string of the molecule is CC1(C)c2ccc(-c3ccc(-c4nc(-c5cccnc5)nc(-c5cccnc5)n4)cn3)cc2C(C)(C)C1(C)C. The third-order valence-corrected chi connectivity index (χ3v) is 9.28. The van der Waals surface area contributed by atoms with Crippen molar-refractivity contribution >= 4 is 0 Å². The number of pyridine rings is 3. The summed E-state index contributed by atoms with van der Waals surface area (Å²) in [5, 5.41) is 0. The van der Waals surface area contributed by atoms with E-state index in [1.807, 2.05) is 42.6 Å². The normalized spacial score (nSPS) is 16.6. The van der Waals surface area contributed by atoms with Crippen molar-refractivity contribution < 1.29 is 0 Å². The van der Waals surface area contributed by atoms with Gasteiger partial charge in [-0.2, -0.15) is 0 Å². The molecule has 1 aliphatic carbocycles. The van der Waals surface area contributed by atoms with E-state index in [9.17, 15) is 0 Å². The molecular formula is C33H32N6. The second-order valence-electron chi connectivity index (χ2n) is 11.9. The van der Waals surface area contributed by atoms with Crippen LogP contribution < -0.4 is 0 Å². The van der Waals surface area contributed by atoms with Gasteiger partial charge in [0.1, 0.15) is 0 Å². The standard InChI is InChI=1S/C33H32N6/c1-31(2)25-13-11-21(17-26(25)32(3,4)33(31,5)6)27-14-12-24(20-36-27)30-38-28(22-9-7-15-34-18-22)37-29(39-30)23-10-8-16-35-19-23/h7-20H,1-6H3. The lowest BCUT2D eigenvalue weighted by Crippen LogP contribution is -2.42. The molecule has 6 rings (SSSR count). The average Bonchev–Trinajstić information content (AvgIpc) is 3.07. The molecule has 6 nitrogen and oxygen atoms in total. The Morgan fingerprint density at radius 1 is 0.513 bits per heavy atom. The molecule has 194 valence electrons. The van der Waals surface area contributed by atoms with E-state index in [4.69, 9.17) is 19.9 Å². The number of nitrogens with zero attached hydrogens (tertiary/aromatic N) is 6. The molecule has 0 radical (unpaired) electrons. The molecule has 1 aromatic carbocycles. The molecule has 0 fully saturated rings. The highest BCUT2D eigenvalue weighted by Crippen LogP contribution is 2.61. The monoisotopic (exact) mass is 512 g/mol. The molecule has 0 saturated carbocycles. The van der Waals surface area contributed by atoms with E-state index < -0.39 is 0 Å². The minimum atomic E-state index is 0.0397. The van der Waals surface area contributed by atoms with Gasteiger partial charge in [-0.25, -0.2) is 15.0 Å². The Labute approximate surface area is 229 Å². The van der Waals surface area contributed by atoms with Crippen molar-refractivity contribution in [3.63, 3.8) is 0 Å². The maximum absolute atomic E-state index is 4.85. The minimum Gasteiger partial charge on any atom is -0.264 e. The van der Waals surface area contributed by atoms with Gasteiger partial charge >= 0.3 is 0 Å². The Balaban J connectivity index is 1.40. The molecule has 0 amide bonds. The zero-order chi connectivity index (χ0) is 27.4. The van der Waals surface area contributed by atoms with Gasteiger partial charge in [0.05, 0.1) is 5.69 Å². The molecule has 0 atom stereocenters. The van der Waals surface area contributed by atoms with Gasteiger partial charge in [-0.05, 0) is 69.8 Å². The summed E-state index contributed by atoms with van der Waals surface area (Å²) in [7, 11) is 0. The van der Waals surface area contributed by atoms with E-state index in [-0.39, 0.29) is 16.2 Å². The van der Waals surface area contributed by atoms with E-state index in [0.717, 1.165) is 27.9 Å². The van der Waals surface area contributed by atoms with Crippen LogP contribution in [0.25, 0.3) is 45.4 Å².